The van der Waals surface area contributed by atoms with Crippen molar-refractivity contribution in [3.63, 3.8) is 0 Å². The summed E-state index contributed by atoms with van der Waals surface area (Å²) >= 11 is 0. The molecule has 2 atom stereocenters. The topological polar surface area (TPSA) is 66.1 Å². The van der Waals surface area contributed by atoms with Crippen LogP contribution in [0, 0.1) is 11.3 Å². The van der Waals surface area contributed by atoms with Crippen LogP contribution < -0.4 is 4.74 Å². The van der Waals surface area contributed by atoms with Gasteiger partial charge in [0.05, 0.1) is 19.1 Å². The van der Waals surface area contributed by atoms with E-state index in [0.717, 1.165) is 11.1 Å². The minimum atomic E-state index is -0.314. The van der Waals surface area contributed by atoms with Crippen LogP contribution in [0.25, 0.3) is 0 Å². The summed E-state index contributed by atoms with van der Waals surface area (Å²) in [5.41, 5.74) is 1.90. The molecule has 108 valence electrons. The molecular formula is C17H18N2O2. The first kappa shape index (κ1) is 15.0. The number of rotatable bonds is 6. The van der Waals surface area contributed by atoms with Gasteiger partial charge in [0.15, 0.2) is 0 Å². The van der Waals surface area contributed by atoms with Crippen LogP contribution in [-0.2, 0) is 0 Å². The standard InChI is InChI=1S/C17H18N2O2/c1-21-17-11-14(7-9-19-17)15(8-10-20)16(12-18)13-5-3-2-4-6-13/h2-7,9,11,15-16,20H,8,10H2,1H3/t15-,16+/m0/s1. The minimum Gasteiger partial charge on any atom is -0.481 e. The lowest BCUT2D eigenvalue weighted by Crippen LogP contribution is -2.12. The van der Waals surface area contributed by atoms with Gasteiger partial charge >= 0.3 is 0 Å². The van der Waals surface area contributed by atoms with E-state index in [1.807, 2.05) is 42.5 Å². The molecule has 0 fully saturated rings. The van der Waals surface area contributed by atoms with Crippen molar-refractivity contribution in [3.8, 4) is 11.9 Å². The smallest absolute Gasteiger partial charge is 0.213 e. The highest BCUT2D eigenvalue weighted by atomic mass is 16.5. The van der Waals surface area contributed by atoms with Gasteiger partial charge in [-0.3, -0.25) is 0 Å². The number of nitriles is 1. The maximum Gasteiger partial charge on any atom is 0.213 e. The molecule has 2 rings (SSSR count). The van der Waals surface area contributed by atoms with Crippen molar-refractivity contribution in [3.05, 3.63) is 59.8 Å². The molecule has 0 unspecified atom stereocenters. The van der Waals surface area contributed by atoms with Crippen molar-refractivity contribution in [2.45, 2.75) is 18.3 Å². The number of aromatic nitrogens is 1. The van der Waals surface area contributed by atoms with E-state index >= 15 is 0 Å². The minimum absolute atomic E-state index is 0.0281. The molecule has 0 amide bonds. The zero-order valence-corrected chi connectivity index (χ0v) is 11.9. The van der Waals surface area contributed by atoms with Crippen LogP contribution in [-0.4, -0.2) is 23.8 Å². The van der Waals surface area contributed by atoms with E-state index in [2.05, 4.69) is 11.1 Å². The summed E-state index contributed by atoms with van der Waals surface area (Å²) < 4.78 is 5.15. The number of hydrogen-bond acceptors (Lipinski definition) is 4. The summed E-state index contributed by atoms with van der Waals surface area (Å²) in [6.45, 7) is 0.0281. The molecule has 0 aliphatic heterocycles. The van der Waals surface area contributed by atoms with E-state index < -0.39 is 0 Å². The number of ether oxygens (including phenoxy) is 1. The van der Waals surface area contributed by atoms with Crippen LogP contribution in [0.1, 0.15) is 29.4 Å². The lowest BCUT2D eigenvalue weighted by molar-refractivity contribution is 0.271. The Morgan fingerprint density at radius 1 is 1.24 bits per heavy atom. The first-order chi connectivity index (χ1) is 10.3. The number of aliphatic hydroxyl groups excluding tert-OH is 1. The predicted molar refractivity (Wildman–Crippen MR) is 80.0 cm³/mol. The summed E-state index contributed by atoms with van der Waals surface area (Å²) in [5.74, 6) is 0.102. The van der Waals surface area contributed by atoms with Gasteiger partial charge in [0.1, 0.15) is 0 Å². The van der Waals surface area contributed by atoms with E-state index in [1.165, 1.54) is 0 Å². The molecule has 0 spiro atoms. The summed E-state index contributed by atoms with van der Waals surface area (Å²) in [7, 11) is 1.56. The lowest BCUT2D eigenvalue weighted by atomic mass is 9.81. The Morgan fingerprint density at radius 3 is 2.62 bits per heavy atom. The molecule has 2 aromatic rings. The SMILES string of the molecule is COc1cc([C@H](CCO)[C@H](C#N)c2ccccc2)ccn1. The molecule has 0 aliphatic carbocycles. The Hall–Kier alpha value is -2.38. The van der Waals surface area contributed by atoms with Gasteiger partial charge < -0.3 is 9.84 Å². The van der Waals surface area contributed by atoms with Gasteiger partial charge in [0.25, 0.3) is 0 Å². The third-order valence-corrected chi connectivity index (χ3v) is 3.54. The van der Waals surface area contributed by atoms with E-state index in [0.29, 0.717) is 12.3 Å². The Balaban J connectivity index is 2.39. The van der Waals surface area contributed by atoms with Crippen molar-refractivity contribution in [2.24, 2.45) is 0 Å². The van der Waals surface area contributed by atoms with Gasteiger partial charge in [0, 0.05) is 24.8 Å². The first-order valence-corrected chi connectivity index (χ1v) is 6.85. The number of aliphatic hydroxyl groups is 1. The average Bonchev–Trinajstić information content (AvgIpc) is 2.56. The number of hydrogen-bond donors (Lipinski definition) is 1. The molecular weight excluding hydrogens is 264 g/mol. The fourth-order valence-electron chi connectivity index (χ4n) is 2.49. The van der Waals surface area contributed by atoms with Gasteiger partial charge in [-0.25, -0.2) is 4.98 Å². The van der Waals surface area contributed by atoms with Gasteiger partial charge in [-0.15, -0.1) is 0 Å². The third kappa shape index (κ3) is 3.59. The van der Waals surface area contributed by atoms with Crippen molar-refractivity contribution >= 4 is 0 Å². The van der Waals surface area contributed by atoms with E-state index in [1.54, 1.807) is 13.3 Å². The number of benzene rings is 1. The summed E-state index contributed by atoms with van der Waals surface area (Å²) in [5, 5.41) is 18.9. The van der Waals surface area contributed by atoms with Gasteiger partial charge in [-0.05, 0) is 23.6 Å². The summed E-state index contributed by atoms with van der Waals surface area (Å²) in [4.78, 5) is 4.09. The second-order valence-corrected chi connectivity index (χ2v) is 4.77. The van der Waals surface area contributed by atoms with Crippen molar-refractivity contribution in [2.75, 3.05) is 13.7 Å². The predicted octanol–water partition coefficient (Wildman–Crippen LogP) is 2.86. The Morgan fingerprint density at radius 2 is 2.00 bits per heavy atom. The fourth-order valence-corrected chi connectivity index (χ4v) is 2.49. The van der Waals surface area contributed by atoms with Crippen molar-refractivity contribution in [1.29, 1.82) is 5.26 Å². The largest absolute Gasteiger partial charge is 0.481 e. The monoisotopic (exact) mass is 282 g/mol. The molecule has 0 radical (unpaired) electrons. The second-order valence-electron chi connectivity index (χ2n) is 4.77. The Bertz CT molecular complexity index is 608. The van der Waals surface area contributed by atoms with Crippen molar-refractivity contribution in [1.82, 2.24) is 4.98 Å². The van der Waals surface area contributed by atoms with Crippen LogP contribution in [0.2, 0.25) is 0 Å². The molecule has 4 heteroatoms. The number of nitrogens with zero attached hydrogens (tertiary/aromatic N) is 2. The van der Waals surface area contributed by atoms with Gasteiger partial charge in [-0.2, -0.15) is 5.26 Å². The second kappa shape index (κ2) is 7.41. The highest BCUT2D eigenvalue weighted by Crippen LogP contribution is 2.35. The quantitative estimate of drug-likeness (QED) is 0.884. The maximum absolute atomic E-state index is 9.59. The number of methoxy groups -OCH3 is 1. The third-order valence-electron chi connectivity index (χ3n) is 3.54. The molecule has 0 saturated carbocycles. The van der Waals surface area contributed by atoms with Crippen LogP contribution in [0.4, 0.5) is 0 Å². The molecule has 1 aromatic carbocycles. The zero-order chi connectivity index (χ0) is 15.1. The molecule has 4 nitrogen and oxygen atoms in total. The molecule has 0 saturated heterocycles. The lowest BCUT2D eigenvalue weighted by Gasteiger charge is -2.22. The molecule has 1 N–H and O–H groups in total. The van der Waals surface area contributed by atoms with Crippen molar-refractivity contribution < 1.29 is 9.84 Å². The zero-order valence-electron chi connectivity index (χ0n) is 11.9. The Labute approximate surface area is 124 Å². The van der Waals surface area contributed by atoms with Crippen LogP contribution in [0.15, 0.2) is 48.7 Å². The molecule has 0 bridgehead atoms. The van der Waals surface area contributed by atoms with Gasteiger partial charge in [-0.1, -0.05) is 30.3 Å². The Kier molecular flexibility index (Phi) is 5.30. The van der Waals surface area contributed by atoms with Crippen LogP contribution in [0.5, 0.6) is 5.88 Å². The summed E-state index contributed by atoms with van der Waals surface area (Å²) in [6.07, 6.45) is 2.18. The molecule has 21 heavy (non-hydrogen) atoms. The molecule has 1 heterocycles. The summed E-state index contributed by atoms with van der Waals surface area (Å²) in [6, 6.07) is 15.7. The highest BCUT2D eigenvalue weighted by Gasteiger charge is 2.24. The molecule has 1 aromatic heterocycles. The van der Waals surface area contributed by atoms with Gasteiger partial charge in [0.2, 0.25) is 5.88 Å². The average molecular weight is 282 g/mol. The fraction of sp³-hybridized carbons (Fsp3) is 0.294. The van der Waals surface area contributed by atoms with E-state index in [4.69, 9.17) is 4.74 Å². The first-order valence-electron chi connectivity index (χ1n) is 6.85. The van der Waals surface area contributed by atoms with E-state index in [-0.39, 0.29) is 18.4 Å². The maximum atomic E-state index is 9.59. The van der Waals surface area contributed by atoms with Crippen LogP contribution >= 0.6 is 0 Å². The number of pyridine rings is 1. The van der Waals surface area contributed by atoms with E-state index in [9.17, 15) is 10.4 Å². The van der Waals surface area contributed by atoms with Crippen LogP contribution in [0.3, 0.4) is 0 Å². The molecule has 0 aliphatic rings. The normalized spacial score (nSPS) is 13.2. The highest BCUT2D eigenvalue weighted by molar-refractivity contribution is 5.34.